The Kier molecular flexibility index (Phi) is 3.69. The van der Waals surface area contributed by atoms with E-state index >= 15 is 0 Å². The summed E-state index contributed by atoms with van der Waals surface area (Å²) in [6.45, 7) is 0.337. The second kappa shape index (κ2) is 5.63. The molecule has 5 heteroatoms. The van der Waals surface area contributed by atoms with E-state index in [4.69, 9.17) is 0 Å². The van der Waals surface area contributed by atoms with Crippen molar-refractivity contribution in [3.8, 4) is 0 Å². The van der Waals surface area contributed by atoms with Crippen LogP contribution in [-0.4, -0.2) is 24.4 Å². The van der Waals surface area contributed by atoms with Gasteiger partial charge in [-0.15, -0.1) is 0 Å². The maximum Gasteiger partial charge on any atom is 0.238 e. The molecule has 0 heterocycles. The summed E-state index contributed by atoms with van der Waals surface area (Å²) in [5.74, 6) is 0.197. The molecule has 1 aromatic rings. The average Bonchev–Trinajstić information content (AvgIpc) is 3.29. The van der Waals surface area contributed by atoms with E-state index in [-0.39, 0.29) is 17.7 Å². The molecule has 0 atom stereocenters. The molecule has 5 nitrogen and oxygen atoms in total. The minimum atomic E-state index is -0.0532. The molecule has 1 aromatic carbocycles. The van der Waals surface area contributed by atoms with Crippen molar-refractivity contribution >= 4 is 23.2 Å². The van der Waals surface area contributed by atoms with Crippen LogP contribution in [0, 0.1) is 5.92 Å². The van der Waals surface area contributed by atoms with Gasteiger partial charge in [0.25, 0.3) is 0 Å². The van der Waals surface area contributed by atoms with Crippen molar-refractivity contribution in [3.63, 3.8) is 0 Å². The second-order valence-corrected chi connectivity index (χ2v) is 5.55. The molecule has 0 radical (unpaired) electrons. The van der Waals surface area contributed by atoms with E-state index in [1.807, 2.05) is 18.2 Å². The molecule has 0 unspecified atom stereocenters. The summed E-state index contributed by atoms with van der Waals surface area (Å²) >= 11 is 0. The SMILES string of the molecule is O=C(CNC1CC1)Nc1cccc(NC(=O)C2CC2)c1. The van der Waals surface area contributed by atoms with Crippen LogP contribution in [0.15, 0.2) is 24.3 Å². The molecule has 2 fully saturated rings. The molecule has 20 heavy (non-hydrogen) atoms. The van der Waals surface area contributed by atoms with Crippen LogP contribution in [0.5, 0.6) is 0 Å². The lowest BCUT2D eigenvalue weighted by atomic mass is 10.2. The van der Waals surface area contributed by atoms with Crippen molar-refractivity contribution in [2.75, 3.05) is 17.2 Å². The van der Waals surface area contributed by atoms with E-state index < -0.39 is 0 Å². The van der Waals surface area contributed by atoms with Crippen LogP contribution in [-0.2, 0) is 9.59 Å². The third-order valence-corrected chi connectivity index (χ3v) is 3.49. The van der Waals surface area contributed by atoms with E-state index in [1.165, 1.54) is 0 Å². The highest BCUT2D eigenvalue weighted by Gasteiger charge is 2.29. The molecule has 0 aromatic heterocycles. The maximum atomic E-state index is 11.7. The standard InChI is InChI=1S/C15H19N3O2/c19-14(9-16-11-6-7-11)17-12-2-1-3-13(8-12)18-15(20)10-4-5-10/h1-3,8,10-11,16H,4-7,9H2,(H,17,19)(H,18,20). The lowest BCUT2D eigenvalue weighted by molar-refractivity contribution is -0.117. The first-order valence-electron chi connectivity index (χ1n) is 7.15. The Morgan fingerprint density at radius 1 is 1.05 bits per heavy atom. The maximum absolute atomic E-state index is 11.7. The number of carbonyl (C=O) groups excluding carboxylic acids is 2. The van der Waals surface area contributed by atoms with Crippen molar-refractivity contribution in [2.24, 2.45) is 5.92 Å². The molecule has 0 spiro atoms. The minimum absolute atomic E-state index is 0.0532. The Morgan fingerprint density at radius 3 is 2.40 bits per heavy atom. The predicted molar refractivity (Wildman–Crippen MR) is 77.5 cm³/mol. The molecule has 0 bridgehead atoms. The van der Waals surface area contributed by atoms with Gasteiger partial charge in [-0.05, 0) is 43.9 Å². The molecule has 0 aliphatic heterocycles. The van der Waals surface area contributed by atoms with Gasteiger partial charge in [-0.3, -0.25) is 9.59 Å². The van der Waals surface area contributed by atoms with E-state index in [0.717, 1.165) is 31.4 Å². The van der Waals surface area contributed by atoms with Gasteiger partial charge in [0.1, 0.15) is 0 Å². The normalized spacial score (nSPS) is 17.6. The van der Waals surface area contributed by atoms with Crippen LogP contribution < -0.4 is 16.0 Å². The number of anilines is 2. The van der Waals surface area contributed by atoms with Gasteiger partial charge >= 0.3 is 0 Å². The average molecular weight is 273 g/mol. The topological polar surface area (TPSA) is 70.2 Å². The smallest absolute Gasteiger partial charge is 0.238 e. The zero-order valence-electron chi connectivity index (χ0n) is 11.3. The highest BCUT2D eigenvalue weighted by atomic mass is 16.2. The number of rotatable bonds is 6. The second-order valence-electron chi connectivity index (χ2n) is 5.55. The van der Waals surface area contributed by atoms with E-state index in [2.05, 4.69) is 16.0 Å². The number of hydrogen-bond acceptors (Lipinski definition) is 3. The molecule has 2 saturated carbocycles. The lowest BCUT2D eigenvalue weighted by Gasteiger charge is -2.09. The molecule has 3 N–H and O–H groups in total. The quantitative estimate of drug-likeness (QED) is 0.739. The van der Waals surface area contributed by atoms with Gasteiger partial charge < -0.3 is 16.0 Å². The van der Waals surface area contributed by atoms with Gasteiger partial charge in [0.05, 0.1) is 6.54 Å². The summed E-state index contributed by atoms with van der Waals surface area (Å²) in [5, 5.41) is 8.87. The largest absolute Gasteiger partial charge is 0.326 e. The van der Waals surface area contributed by atoms with E-state index in [9.17, 15) is 9.59 Å². The van der Waals surface area contributed by atoms with Gasteiger partial charge in [0.15, 0.2) is 0 Å². The van der Waals surface area contributed by atoms with Crippen molar-refractivity contribution < 1.29 is 9.59 Å². The molecule has 2 amide bonds. The van der Waals surface area contributed by atoms with Crippen molar-refractivity contribution in [1.29, 1.82) is 0 Å². The monoisotopic (exact) mass is 273 g/mol. The van der Waals surface area contributed by atoms with E-state index in [0.29, 0.717) is 18.3 Å². The van der Waals surface area contributed by atoms with Crippen molar-refractivity contribution in [3.05, 3.63) is 24.3 Å². The zero-order chi connectivity index (χ0) is 13.9. The molecule has 2 aliphatic rings. The molecule has 3 rings (SSSR count). The fraction of sp³-hybridized carbons (Fsp3) is 0.467. The van der Waals surface area contributed by atoms with Gasteiger partial charge in [0.2, 0.25) is 11.8 Å². The predicted octanol–water partition coefficient (Wildman–Crippen LogP) is 1.73. The first kappa shape index (κ1) is 13.1. The van der Waals surface area contributed by atoms with Gasteiger partial charge in [-0.1, -0.05) is 6.07 Å². The summed E-state index contributed by atoms with van der Waals surface area (Å²) in [7, 11) is 0. The van der Waals surface area contributed by atoms with Gasteiger partial charge in [0, 0.05) is 23.3 Å². The Hall–Kier alpha value is -1.88. The summed E-state index contributed by atoms with van der Waals surface area (Å²) in [6, 6.07) is 7.78. The van der Waals surface area contributed by atoms with Gasteiger partial charge in [-0.2, -0.15) is 0 Å². The van der Waals surface area contributed by atoms with Crippen LogP contribution in [0.4, 0.5) is 11.4 Å². The number of hydrogen-bond donors (Lipinski definition) is 3. The fourth-order valence-electron chi connectivity index (χ4n) is 1.99. The van der Waals surface area contributed by atoms with Gasteiger partial charge in [-0.25, -0.2) is 0 Å². The van der Waals surface area contributed by atoms with Crippen LogP contribution in [0.3, 0.4) is 0 Å². The summed E-state index contributed by atoms with van der Waals surface area (Å²) < 4.78 is 0. The first-order valence-corrected chi connectivity index (χ1v) is 7.15. The van der Waals surface area contributed by atoms with Crippen LogP contribution >= 0.6 is 0 Å². The third-order valence-electron chi connectivity index (χ3n) is 3.49. The minimum Gasteiger partial charge on any atom is -0.326 e. The Labute approximate surface area is 118 Å². The Morgan fingerprint density at radius 2 is 1.75 bits per heavy atom. The van der Waals surface area contributed by atoms with Crippen LogP contribution in [0.25, 0.3) is 0 Å². The highest BCUT2D eigenvalue weighted by Crippen LogP contribution is 2.30. The van der Waals surface area contributed by atoms with Crippen LogP contribution in [0.1, 0.15) is 25.7 Å². The molecule has 0 saturated heterocycles. The Balaban J connectivity index is 1.52. The fourth-order valence-corrected chi connectivity index (χ4v) is 1.99. The van der Waals surface area contributed by atoms with Crippen LogP contribution in [0.2, 0.25) is 0 Å². The highest BCUT2D eigenvalue weighted by molar-refractivity contribution is 5.96. The summed E-state index contributed by atoms with van der Waals surface area (Å²) in [6.07, 6.45) is 4.29. The summed E-state index contributed by atoms with van der Waals surface area (Å²) in [5.41, 5.74) is 1.44. The van der Waals surface area contributed by atoms with Crippen molar-refractivity contribution in [2.45, 2.75) is 31.7 Å². The number of benzene rings is 1. The zero-order valence-corrected chi connectivity index (χ0v) is 11.3. The third kappa shape index (κ3) is 3.81. The number of carbonyl (C=O) groups is 2. The van der Waals surface area contributed by atoms with Crippen molar-refractivity contribution in [1.82, 2.24) is 5.32 Å². The molecular formula is C15H19N3O2. The summed E-state index contributed by atoms with van der Waals surface area (Å²) in [4.78, 5) is 23.4. The van der Waals surface area contributed by atoms with E-state index in [1.54, 1.807) is 6.07 Å². The molecular weight excluding hydrogens is 254 g/mol. The lowest BCUT2D eigenvalue weighted by Crippen LogP contribution is -2.29. The molecule has 2 aliphatic carbocycles. The number of nitrogens with one attached hydrogen (secondary N) is 3. The number of amides is 2. The molecule has 106 valence electrons. The Bertz CT molecular complexity index is 522. The first-order chi connectivity index (χ1) is 9.70.